The normalized spacial score (nSPS) is 22.8. The van der Waals surface area contributed by atoms with E-state index in [-0.39, 0.29) is 24.5 Å². The van der Waals surface area contributed by atoms with Crippen LogP contribution in [0.5, 0.6) is 0 Å². The second kappa shape index (κ2) is 13.2. The van der Waals surface area contributed by atoms with Crippen molar-refractivity contribution in [2.75, 3.05) is 13.6 Å². The SMILES string of the molecule is CCC1CCCCCCCCCC(=O)NC(=NC(=O)OC(C)(C)C)N(C)CC(=O)O1. The minimum Gasteiger partial charge on any atom is -0.461 e. The minimum absolute atomic E-state index is 0.0106. The molecule has 8 nitrogen and oxygen atoms in total. The van der Waals surface area contributed by atoms with Crippen molar-refractivity contribution < 1.29 is 23.9 Å². The summed E-state index contributed by atoms with van der Waals surface area (Å²) in [4.78, 5) is 42.2. The molecule has 1 heterocycles. The number of nitrogens with zero attached hydrogens (tertiary/aromatic N) is 2. The van der Waals surface area contributed by atoms with Crippen LogP contribution in [0.15, 0.2) is 4.99 Å². The summed E-state index contributed by atoms with van der Waals surface area (Å²) in [5, 5.41) is 2.65. The van der Waals surface area contributed by atoms with E-state index in [2.05, 4.69) is 10.3 Å². The van der Waals surface area contributed by atoms with E-state index < -0.39 is 17.7 Å². The molecule has 1 rings (SSSR count). The number of amides is 2. The van der Waals surface area contributed by atoms with E-state index in [1.54, 1.807) is 27.8 Å². The molecule has 0 aromatic heterocycles. The Morgan fingerprint density at radius 2 is 1.73 bits per heavy atom. The van der Waals surface area contributed by atoms with Crippen molar-refractivity contribution in [3.05, 3.63) is 0 Å². The van der Waals surface area contributed by atoms with Gasteiger partial charge >= 0.3 is 12.1 Å². The number of carbonyl (C=O) groups excluding carboxylic acids is 3. The molecule has 0 aliphatic carbocycles. The van der Waals surface area contributed by atoms with Crippen LogP contribution in [0.4, 0.5) is 4.79 Å². The number of rotatable bonds is 1. The third kappa shape index (κ3) is 11.8. The van der Waals surface area contributed by atoms with Crippen molar-refractivity contribution in [2.24, 2.45) is 4.99 Å². The van der Waals surface area contributed by atoms with Gasteiger partial charge in [-0.3, -0.25) is 14.9 Å². The summed E-state index contributed by atoms with van der Waals surface area (Å²) in [6.45, 7) is 7.07. The molecule has 1 atom stereocenters. The minimum atomic E-state index is -0.824. The van der Waals surface area contributed by atoms with Crippen LogP contribution in [0.3, 0.4) is 0 Å². The first kappa shape index (κ1) is 25.9. The van der Waals surface area contributed by atoms with E-state index in [9.17, 15) is 14.4 Å². The van der Waals surface area contributed by atoms with Gasteiger partial charge in [-0.25, -0.2) is 4.79 Å². The predicted molar refractivity (Wildman–Crippen MR) is 116 cm³/mol. The number of cyclic esters (lactones) is 1. The van der Waals surface area contributed by atoms with Gasteiger partial charge in [-0.15, -0.1) is 4.99 Å². The molecule has 8 heteroatoms. The second-order valence-electron chi connectivity index (χ2n) is 8.85. The van der Waals surface area contributed by atoms with Crippen LogP contribution in [0, 0.1) is 0 Å². The number of carbonyl (C=O) groups is 3. The van der Waals surface area contributed by atoms with Gasteiger partial charge in [-0.05, 0) is 46.5 Å². The molecule has 172 valence electrons. The molecule has 1 aliphatic rings. The summed E-state index contributed by atoms with van der Waals surface area (Å²) in [6.07, 6.45) is 8.31. The maximum Gasteiger partial charge on any atom is 0.437 e. The monoisotopic (exact) mass is 425 g/mol. The van der Waals surface area contributed by atoms with E-state index in [0.717, 1.165) is 57.8 Å². The topological polar surface area (TPSA) is 97.3 Å². The van der Waals surface area contributed by atoms with Crippen molar-refractivity contribution >= 4 is 23.9 Å². The lowest BCUT2D eigenvalue weighted by Crippen LogP contribution is -2.45. The largest absolute Gasteiger partial charge is 0.461 e. The highest BCUT2D eigenvalue weighted by molar-refractivity contribution is 6.01. The lowest BCUT2D eigenvalue weighted by atomic mass is 10.0. The Kier molecular flexibility index (Phi) is 11.4. The number of hydrogen-bond acceptors (Lipinski definition) is 5. The first-order chi connectivity index (χ1) is 14.1. The summed E-state index contributed by atoms with van der Waals surface area (Å²) in [5.74, 6) is -0.670. The van der Waals surface area contributed by atoms with E-state index in [4.69, 9.17) is 9.47 Å². The summed E-state index contributed by atoms with van der Waals surface area (Å²) in [6, 6.07) is 0. The van der Waals surface area contributed by atoms with Crippen LogP contribution < -0.4 is 5.32 Å². The highest BCUT2D eigenvalue weighted by Gasteiger charge is 2.21. The third-order valence-electron chi connectivity index (χ3n) is 4.75. The van der Waals surface area contributed by atoms with Crippen molar-refractivity contribution in [1.82, 2.24) is 10.2 Å². The molecular formula is C22H39N3O5. The van der Waals surface area contributed by atoms with Crippen LogP contribution >= 0.6 is 0 Å². The molecule has 0 saturated carbocycles. The van der Waals surface area contributed by atoms with Crippen LogP contribution in [-0.2, 0) is 19.1 Å². The van der Waals surface area contributed by atoms with E-state index >= 15 is 0 Å². The zero-order valence-corrected chi connectivity index (χ0v) is 19.3. The van der Waals surface area contributed by atoms with Crippen LogP contribution in [0.2, 0.25) is 0 Å². The number of aliphatic imine (C=N–C) groups is 1. The fourth-order valence-corrected chi connectivity index (χ4v) is 3.15. The maximum atomic E-state index is 12.4. The fourth-order valence-electron chi connectivity index (χ4n) is 3.15. The summed E-state index contributed by atoms with van der Waals surface area (Å²) in [5.41, 5.74) is -0.714. The quantitative estimate of drug-likeness (QED) is 0.633. The second-order valence-corrected chi connectivity index (χ2v) is 8.85. The first-order valence-electron chi connectivity index (χ1n) is 11.1. The molecule has 0 aromatic carbocycles. The predicted octanol–water partition coefficient (Wildman–Crippen LogP) is 4.17. The molecule has 0 spiro atoms. The Morgan fingerprint density at radius 3 is 2.33 bits per heavy atom. The standard InChI is InChI=1S/C22H39N3O5/c1-6-17-14-12-10-8-7-9-11-13-15-18(26)23-20(25(5)16-19(27)29-17)24-21(28)30-22(2,3)4/h17H,6-16H2,1-5H3,(H,23,24,26,28). The van der Waals surface area contributed by atoms with E-state index in [1.165, 1.54) is 4.90 Å². The molecule has 1 fully saturated rings. The lowest BCUT2D eigenvalue weighted by Gasteiger charge is -2.23. The molecule has 0 radical (unpaired) electrons. The molecule has 0 bridgehead atoms. The van der Waals surface area contributed by atoms with Gasteiger partial charge < -0.3 is 14.4 Å². The number of hydrogen-bond donors (Lipinski definition) is 1. The summed E-state index contributed by atoms with van der Waals surface area (Å²) >= 11 is 0. The molecule has 1 aliphatic heterocycles. The van der Waals surface area contributed by atoms with Gasteiger partial charge in [0, 0.05) is 13.5 Å². The third-order valence-corrected chi connectivity index (χ3v) is 4.75. The Balaban J connectivity index is 2.93. The van der Waals surface area contributed by atoms with Crippen LogP contribution in [0.25, 0.3) is 0 Å². The number of nitrogens with one attached hydrogen (secondary N) is 1. The van der Waals surface area contributed by atoms with Crippen LogP contribution in [-0.4, -0.2) is 54.1 Å². The van der Waals surface area contributed by atoms with Crippen molar-refractivity contribution in [2.45, 2.75) is 104 Å². The van der Waals surface area contributed by atoms with Gasteiger partial charge in [-0.2, -0.15) is 0 Å². The molecule has 1 saturated heterocycles. The Morgan fingerprint density at radius 1 is 1.13 bits per heavy atom. The number of guanidine groups is 1. The van der Waals surface area contributed by atoms with Gasteiger partial charge in [0.15, 0.2) is 0 Å². The van der Waals surface area contributed by atoms with Gasteiger partial charge in [0.2, 0.25) is 11.9 Å². The smallest absolute Gasteiger partial charge is 0.437 e. The zero-order chi connectivity index (χ0) is 22.6. The van der Waals surface area contributed by atoms with E-state index in [1.807, 2.05) is 6.92 Å². The molecule has 30 heavy (non-hydrogen) atoms. The Hall–Kier alpha value is -2.12. The van der Waals surface area contributed by atoms with Gasteiger partial charge in [-0.1, -0.05) is 39.0 Å². The molecule has 1 unspecified atom stereocenters. The summed E-state index contributed by atoms with van der Waals surface area (Å²) in [7, 11) is 1.58. The van der Waals surface area contributed by atoms with Crippen LogP contribution in [0.1, 0.15) is 91.9 Å². The average Bonchev–Trinajstić information content (AvgIpc) is 2.62. The first-order valence-corrected chi connectivity index (χ1v) is 11.1. The molecule has 2 amide bonds. The number of likely N-dealkylation sites (N-methyl/N-ethyl adjacent to an activating group) is 1. The van der Waals surface area contributed by atoms with Gasteiger partial charge in [0.1, 0.15) is 18.2 Å². The average molecular weight is 426 g/mol. The summed E-state index contributed by atoms with van der Waals surface area (Å²) < 4.78 is 10.8. The van der Waals surface area contributed by atoms with Gasteiger partial charge in [0.25, 0.3) is 0 Å². The Labute approximate surface area is 180 Å². The lowest BCUT2D eigenvalue weighted by molar-refractivity contribution is -0.149. The molecule has 0 aromatic rings. The van der Waals surface area contributed by atoms with E-state index in [0.29, 0.717) is 6.42 Å². The molecular weight excluding hydrogens is 386 g/mol. The highest BCUT2D eigenvalue weighted by atomic mass is 16.6. The van der Waals surface area contributed by atoms with Crippen molar-refractivity contribution in [3.63, 3.8) is 0 Å². The maximum absolute atomic E-state index is 12.4. The Bertz CT molecular complexity index is 598. The number of ether oxygens (including phenoxy) is 2. The van der Waals surface area contributed by atoms with Crippen molar-refractivity contribution in [3.8, 4) is 0 Å². The van der Waals surface area contributed by atoms with Gasteiger partial charge in [0.05, 0.1) is 0 Å². The fraction of sp³-hybridized carbons (Fsp3) is 0.818. The number of esters is 1. The highest BCUT2D eigenvalue weighted by Crippen LogP contribution is 2.14. The molecule has 1 N–H and O–H groups in total. The van der Waals surface area contributed by atoms with Crippen molar-refractivity contribution in [1.29, 1.82) is 0 Å². The zero-order valence-electron chi connectivity index (χ0n) is 19.3.